The molecule has 5 aromatic carbocycles. The van der Waals surface area contributed by atoms with Crippen LogP contribution in [0.25, 0.3) is 27.8 Å². The Morgan fingerprint density at radius 3 is 2.16 bits per heavy atom. The third kappa shape index (κ3) is 4.69. The van der Waals surface area contributed by atoms with Crippen molar-refractivity contribution in [1.29, 1.82) is 0 Å². The highest BCUT2D eigenvalue weighted by atomic mass is 15.1. The molecule has 0 saturated heterocycles. The fraction of sp³-hybridized carbons (Fsp3) is 0.105. The molecule has 1 aromatic heterocycles. The fourth-order valence-corrected chi connectivity index (χ4v) is 5.97. The van der Waals surface area contributed by atoms with E-state index in [1.807, 2.05) is 60.7 Å². The molecule has 1 aliphatic heterocycles. The van der Waals surface area contributed by atoms with E-state index in [0.717, 1.165) is 39.1 Å². The van der Waals surface area contributed by atoms with Crippen LogP contribution in [0, 0.1) is 0 Å². The highest BCUT2D eigenvalue weighted by Crippen LogP contribution is 2.47. The maximum absolute atomic E-state index is 5.06. The molecule has 208 valence electrons. The summed E-state index contributed by atoms with van der Waals surface area (Å²) in [5.74, 6) is 2.24. The Kier molecular flexibility index (Phi) is 6.63. The van der Waals surface area contributed by atoms with E-state index in [0.29, 0.717) is 18.2 Å². The van der Waals surface area contributed by atoms with Crippen molar-refractivity contribution in [2.75, 3.05) is 0 Å². The highest BCUT2D eigenvalue weighted by molar-refractivity contribution is 6.12. The summed E-state index contributed by atoms with van der Waals surface area (Å²) in [4.78, 5) is 19.2. The molecule has 6 aromatic rings. The van der Waals surface area contributed by atoms with Gasteiger partial charge in [-0.15, -0.1) is 0 Å². The normalized spacial score (nSPS) is 14.0. The molecule has 0 amide bonds. The lowest BCUT2D eigenvalue weighted by atomic mass is 9.84. The number of hydrogen-bond acceptors (Lipinski definition) is 2. The minimum atomic E-state index is -0.204. The van der Waals surface area contributed by atoms with E-state index < -0.39 is 0 Å². The third-order valence-electron chi connectivity index (χ3n) is 8.13. The zero-order valence-corrected chi connectivity index (χ0v) is 24.3. The predicted octanol–water partition coefficient (Wildman–Crippen LogP) is 8.43. The number of fused-ring (bicyclic) bond motifs is 5. The lowest BCUT2D eigenvalue weighted by molar-refractivity contribution is 0.621. The smallest absolute Gasteiger partial charge is 0.161 e. The Balaban J connectivity index is 1.30. The van der Waals surface area contributed by atoms with Crippen LogP contribution < -0.4 is 0 Å². The van der Waals surface area contributed by atoms with E-state index >= 15 is 0 Å². The summed E-state index contributed by atoms with van der Waals surface area (Å²) in [5, 5.41) is 0. The molecule has 0 unspecified atom stereocenters. The second-order valence-corrected chi connectivity index (χ2v) is 11.3. The first-order valence-corrected chi connectivity index (χ1v) is 14.5. The summed E-state index contributed by atoms with van der Waals surface area (Å²) in [5.41, 5.74) is 9.69. The van der Waals surface area contributed by atoms with Gasteiger partial charge in [0.15, 0.2) is 11.7 Å². The van der Waals surface area contributed by atoms with E-state index in [2.05, 4.69) is 96.9 Å². The topological polar surface area (TPSA) is 54.9 Å². The number of benzene rings is 5. The molecule has 0 spiro atoms. The van der Waals surface area contributed by atoms with Crippen molar-refractivity contribution in [3.63, 3.8) is 0 Å². The lowest BCUT2D eigenvalue weighted by Gasteiger charge is -2.18. The zero-order chi connectivity index (χ0) is 29.4. The van der Waals surface area contributed by atoms with Gasteiger partial charge in [-0.1, -0.05) is 109 Å². The van der Waals surface area contributed by atoms with Gasteiger partial charge in [0.1, 0.15) is 5.82 Å². The molecule has 0 aliphatic carbocycles. The van der Waals surface area contributed by atoms with Gasteiger partial charge in [0.05, 0.1) is 28.7 Å². The number of para-hydroxylation sites is 3. The van der Waals surface area contributed by atoms with Crippen molar-refractivity contribution in [1.82, 2.24) is 9.55 Å². The molecule has 0 bridgehead atoms. The van der Waals surface area contributed by atoms with Crippen molar-refractivity contribution >= 4 is 29.4 Å². The summed E-state index contributed by atoms with van der Waals surface area (Å²) >= 11 is 0. The minimum absolute atomic E-state index is 0.204. The van der Waals surface area contributed by atoms with Crippen molar-refractivity contribution < 1.29 is 0 Å². The van der Waals surface area contributed by atoms with Gasteiger partial charge < -0.3 is 0 Å². The number of rotatable bonds is 5. The van der Waals surface area contributed by atoms with Crippen LogP contribution in [0.15, 0.2) is 142 Å². The SMILES string of the molecule is C=NC(=NC(=NCc1cccc(-c2cccc3c2-n2c(nc4ccccc42)C3(C)C)c1)c1ccccc1)c1ccccc1. The van der Waals surface area contributed by atoms with E-state index in [-0.39, 0.29) is 5.41 Å². The van der Waals surface area contributed by atoms with Gasteiger partial charge >= 0.3 is 0 Å². The average molecular weight is 558 g/mol. The van der Waals surface area contributed by atoms with Crippen LogP contribution in [0.4, 0.5) is 0 Å². The number of amidine groups is 2. The molecular formula is C38H31N5. The Hall–Kier alpha value is -5.42. The standard InChI is InChI=1S/C38H31N5/c1-38(2)31-21-13-20-30(34(31)43-33-23-11-10-22-32(33)41-37(38)43)29-19-12-14-26(24-29)25-40-36(28-17-8-5-9-18-28)42-35(39-3)27-15-6-4-7-16-27/h4-24H,3,25H2,1-2H3. The summed E-state index contributed by atoms with van der Waals surface area (Å²) in [6.45, 7) is 8.77. The van der Waals surface area contributed by atoms with Crippen LogP contribution in [0.2, 0.25) is 0 Å². The first-order chi connectivity index (χ1) is 21.0. The maximum Gasteiger partial charge on any atom is 0.161 e. The van der Waals surface area contributed by atoms with Crippen LogP contribution >= 0.6 is 0 Å². The number of aliphatic imine (C=N–C) groups is 3. The third-order valence-corrected chi connectivity index (χ3v) is 8.13. The number of nitrogens with zero attached hydrogens (tertiary/aromatic N) is 5. The molecule has 0 atom stereocenters. The molecule has 7 rings (SSSR count). The van der Waals surface area contributed by atoms with Crippen LogP contribution in [0.5, 0.6) is 0 Å². The Morgan fingerprint density at radius 2 is 1.42 bits per heavy atom. The van der Waals surface area contributed by atoms with Crippen LogP contribution in [-0.2, 0) is 12.0 Å². The maximum atomic E-state index is 5.06. The fourth-order valence-electron chi connectivity index (χ4n) is 5.97. The van der Waals surface area contributed by atoms with E-state index in [1.54, 1.807) is 0 Å². The van der Waals surface area contributed by atoms with E-state index in [9.17, 15) is 0 Å². The van der Waals surface area contributed by atoms with Crippen LogP contribution in [0.1, 0.15) is 41.9 Å². The predicted molar refractivity (Wildman–Crippen MR) is 178 cm³/mol. The first kappa shape index (κ1) is 26.5. The average Bonchev–Trinajstić information content (AvgIpc) is 3.55. The van der Waals surface area contributed by atoms with Gasteiger partial charge in [0, 0.05) is 16.7 Å². The Bertz CT molecular complexity index is 2030. The monoisotopic (exact) mass is 557 g/mol. The molecular weight excluding hydrogens is 526 g/mol. The Labute approximate surface area is 251 Å². The van der Waals surface area contributed by atoms with E-state index in [1.165, 1.54) is 16.8 Å². The van der Waals surface area contributed by atoms with Crippen molar-refractivity contribution in [3.8, 4) is 16.8 Å². The summed E-state index contributed by atoms with van der Waals surface area (Å²) in [6, 6.07) is 43.5. The molecule has 5 nitrogen and oxygen atoms in total. The Morgan fingerprint density at radius 1 is 0.744 bits per heavy atom. The molecule has 1 aliphatic rings. The number of aromatic nitrogens is 2. The lowest BCUT2D eigenvalue weighted by Crippen LogP contribution is -2.16. The van der Waals surface area contributed by atoms with Crippen LogP contribution in [0.3, 0.4) is 0 Å². The second kappa shape index (κ2) is 10.8. The van der Waals surface area contributed by atoms with Crippen LogP contribution in [-0.4, -0.2) is 27.9 Å². The number of hydrogen-bond donors (Lipinski definition) is 0. The van der Waals surface area contributed by atoms with Gasteiger partial charge in [-0.3, -0.25) is 9.56 Å². The molecule has 0 N–H and O–H groups in total. The molecule has 0 saturated carbocycles. The van der Waals surface area contributed by atoms with Crippen molar-refractivity contribution in [3.05, 3.63) is 155 Å². The van der Waals surface area contributed by atoms with Gasteiger partial charge in [-0.25, -0.2) is 15.0 Å². The summed E-state index contributed by atoms with van der Waals surface area (Å²) < 4.78 is 2.35. The largest absolute Gasteiger partial charge is 0.295 e. The van der Waals surface area contributed by atoms with E-state index in [4.69, 9.17) is 15.0 Å². The molecule has 0 fully saturated rings. The summed E-state index contributed by atoms with van der Waals surface area (Å²) in [6.07, 6.45) is 0. The van der Waals surface area contributed by atoms with Gasteiger partial charge in [-0.2, -0.15) is 0 Å². The molecule has 0 radical (unpaired) electrons. The molecule has 2 heterocycles. The highest BCUT2D eigenvalue weighted by Gasteiger charge is 2.40. The quantitative estimate of drug-likeness (QED) is 0.155. The van der Waals surface area contributed by atoms with Crippen molar-refractivity contribution in [2.45, 2.75) is 25.8 Å². The second-order valence-electron chi connectivity index (χ2n) is 11.3. The van der Waals surface area contributed by atoms with Gasteiger partial charge in [0.25, 0.3) is 0 Å². The summed E-state index contributed by atoms with van der Waals surface area (Å²) in [7, 11) is 0. The number of imidazole rings is 1. The van der Waals surface area contributed by atoms with Gasteiger partial charge in [0.2, 0.25) is 0 Å². The minimum Gasteiger partial charge on any atom is -0.295 e. The van der Waals surface area contributed by atoms with Crippen molar-refractivity contribution in [2.24, 2.45) is 15.0 Å². The zero-order valence-electron chi connectivity index (χ0n) is 24.3. The van der Waals surface area contributed by atoms with Gasteiger partial charge in [-0.05, 0) is 55.5 Å². The first-order valence-electron chi connectivity index (χ1n) is 14.5. The molecule has 43 heavy (non-hydrogen) atoms. The molecule has 5 heteroatoms.